The van der Waals surface area contributed by atoms with Gasteiger partial charge in [0.15, 0.2) is 5.78 Å². The van der Waals surface area contributed by atoms with E-state index in [0.29, 0.717) is 17.9 Å². The summed E-state index contributed by atoms with van der Waals surface area (Å²) in [5, 5.41) is 1.96. The lowest BCUT2D eigenvalue weighted by atomic mass is 10.1. The molecular formula is C21H19NO3S2. The van der Waals surface area contributed by atoms with Gasteiger partial charge in [-0.25, -0.2) is 4.98 Å². The zero-order valence-electron chi connectivity index (χ0n) is 15.0. The van der Waals surface area contributed by atoms with Crippen molar-refractivity contribution in [2.75, 3.05) is 13.4 Å². The van der Waals surface area contributed by atoms with Crippen LogP contribution in [0.4, 0.5) is 0 Å². The summed E-state index contributed by atoms with van der Waals surface area (Å²) in [6, 6.07) is 13.1. The molecule has 0 radical (unpaired) electrons. The normalized spacial score (nSPS) is 10.9. The molecule has 2 aromatic carbocycles. The third kappa shape index (κ3) is 5.21. The number of benzene rings is 2. The molecular weight excluding hydrogens is 378 g/mol. The van der Waals surface area contributed by atoms with Gasteiger partial charge in [0.2, 0.25) is 0 Å². The number of thiazole rings is 1. The lowest BCUT2D eigenvalue weighted by Gasteiger charge is -2.07. The van der Waals surface area contributed by atoms with Gasteiger partial charge in [0.25, 0.3) is 0 Å². The summed E-state index contributed by atoms with van der Waals surface area (Å²) >= 11 is 3.13. The molecule has 0 aliphatic heterocycles. The van der Waals surface area contributed by atoms with E-state index in [4.69, 9.17) is 9.47 Å². The smallest absolute Gasteiger partial charge is 0.185 e. The highest BCUT2D eigenvalue weighted by Crippen LogP contribution is 2.28. The Labute approximate surface area is 166 Å². The molecule has 138 valence electrons. The number of methoxy groups -OCH3 is 1. The molecule has 0 saturated carbocycles. The van der Waals surface area contributed by atoms with E-state index in [-0.39, 0.29) is 5.78 Å². The molecule has 0 bridgehead atoms. The number of nitrogens with zero attached hydrogens (tertiary/aromatic N) is 1. The first kappa shape index (κ1) is 19.2. The zero-order chi connectivity index (χ0) is 19.1. The summed E-state index contributed by atoms with van der Waals surface area (Å²) in [6.45, 7) is 0.449. The Balaban J connectivity index is 1.62. The summed E-state index contributed by atoms with van der Waals surface area (Å²) in [7, 11) is 1.61. The lowest BCUT2D eigenvalue weighted by molar-refractivity contribution is 0.104. The third-order valence-electron chi connectivity index (χ3n) is 3.85. The van der Waals surface area contributed by atoms with Crippen LogP contribution in [0.1, 0.15) is 21.6 Å². The van der Waals surface area contributed by atoms with E-state index in [2.05, 4.69) is 4.98 Å². The molecule has 0 aliphatic rings. The number of hydrogen-bond acceptors (Lipinski definition) is 6. The van der Waals surface area contributed by atoms with E-state index in [9.17, 15) is 4.79 Å². The highest BCUT2D eigenvalue weighted by atomic mass is 32.2. The van der Waals surface area contributed by atoms with Crippen molar-refractivity contribution < 1.29 is 14.3 Å². The van der Waals surface area contributed by atoms with E-state index < -0.39 is 0 Å². The van der Waals surface area contributed by atoms with Gasteiger partial charge >= 0.3 is 0 Å². The lowest BCUT2D eigenvalue weighted by Crippen LogP contribution is -1.96. The van der Waals surface area contributed by atoms with E-state index in [1.165, 1.54) is 0 Å². The van der Waals surface area contributed by atoms with Crippen LogP contribution in [0.3, 0.4) is 0 Å². The number of rotatable bonds is 8. The molecule has 0 atom stereocenters. The van der Waals surface area contributed by atoms with Crippen LogP contribution in [-0.4, -0.2) is 24.1 Å². The topological polar surface area (TPSA) is 48.4 Å². The van der Waals surface area contributed by atoms with Gasteiger partial charge in [0.1, 0.15) is 18.1 Å². The first-order valence-corrected chi connectivity index (χ1v) is 10.4. The largest absolute Gasteiger partial charge is 0.496 e. The van der Waals surface area contributed by atoms with Crippen LogP contribution in [0.15, 0.2) is 64.3 Å². The second-order valence-electron chi connectivity index (χ2n) is 5.60. The van der Waals surface area contributed by atoms with Crippen molar-refractivity contribution in [3.63, 3.8) is 0 Å². The molecule has 3 aromatic rings. The molecule has 0 N–H and O–H groups in total. The molecule has 0 fully saturated rings. The Kier molecular flexibility index (Phi) is 6.68. The van der Waals surface area contributed by atoms with Gasteiger partial charge in [-0.3, -0.25) is 4.79 Å². The molecule has 6 heteroatoms. The molecule has 3 rings (SSSR count). The standard InChI is InChI=1S/C21H19NO3S2/c1-24-20-11-16(6-10-21(20)26-2)19(23)9-5-15-3-7-18(8-4-15)25-12-17-13-27-14-22-17/h3-11,13-14H,12H2,1-2H3/b9-5+. The zero-order valence-corrected chi connectivity index (χ0v) is 16.7. The molecule has 27 heavy (non-hydrogen) atoms. The molecule has 4 nitrogen and oxygen atoms in total. The summed E-state index contributed by atoms with van der Waals surface area (Å²) in [5.74, 6) is 1.41. The number of carbonyl (C=O) groups is 1. The highest BCUT2D eigenvalue weighted by molar-refractivity contribution is 7.98. The van der Waals surface area contributed by atoms with E-state index in [1.54, 1.807) is 53.9 Å². The van der Waals surface area contributed by atoms with Crippen LogP contribution in [0.5, 0.6) is 11.5 Å². The van der Waals surface area contributed by atoms with Crippen molar-refractivity contribution >= 4 is 35.0 Å². The molecule has 1 aromatic heterocycles. The van der Waals surface area contributed by atoms with Crippen molar-refractivity contribution in [2.45, 2.75) is 11.5 Å². The van der Waals surface area contributed by atoms with Crippen LogP contribution in [-0.2, 0) is 6.61 Å². The maximum atomic E-state index is 12.4. The number of ketones is 1. The van der Waals surface area contributed by atoms with E-state index >= 15 is 0 Å². The average Bonchev–Trinajstić information content (AvgIpc) is 3.24. The van der Waals surface area contributed by atoms with E-state index in [0.717, 1.165) is 21.9 Å². The first-order valence-electron chi connectivity index (χ1n) is 8.24. The molecule has 1 heterocycles. The third-order valence-corrected chi connectivity index (χ3v) is 5.26. The van der Waals surface area contributed by atoms with Gasteiger partial charge in [-0.15, -0.1) is 23.1 Å². The highest BCUT2D eigenvalue weighted by Gasteiger charge is 2.07. The maximum Gasteiger partial charge on any atom is 0.185 e. The Morgan fingerprint density at radius 1 is 1.22 bits per heavy atom. The average molecular weight is 398 g/mol. The van der Waals surface area contributed by atoms with Crippen LogP contribution in [0.25, 0.3) is 6.08 Å². The number of thioether (sulfide) groups is 1. The number of hydrogen-bond donors (Lipinski definition) is 0. The number of ether oxygens (including phenoxy) is 2. The van der Waals surface area contributed by atoms with E-state index in [1.807, 2.05) is 48.0 Å². The van der Waals surface area contributed by atoms with Gasteiger partial charge in [-0.1, -0.05) is 18.2 Å². The van der Waals surface area contributed by atoms with Gasteiger partial charge < -0.3 is 9.47 Å². The van der Waals surface area contributed by atoms with Crippen LogP contribution < -0.4 is 9.47 Å². The first-order chi connectivity index (χ1) is 13.2. The number of aromatic nitrogens is 1. The maximum absolute atomic E-state index is 12.4. The van der Waals surface area contributed by atoms with Crippen molar-refractivity contribution in [1.29, 1.82) is 0 Å². The molecule has 0 aliphatic carbocycles. The summed E-state index contributed by atoms with van der Waals surface area (Å²) < 4.78 is 11.0. The Hall–Kier alpha value is -2.57. The predicted molar refractivity (Wildman–Crippen MR) is 111 cm³/mol. The van der Waals surface area contributed by atoms with Crippen molar-refractivity contribution in [3.8, 4) is 11.5 Å². The monoisotopic (exact) mass is 397 g/mol. The fourth-order valence-corrected chi connectivity index (χ4v) is 3.49. The Morgan fingerprint density at radius 2 is 2.04 bits per heavy atom. The second kappa shape index (κ2) is 9.39. The Bertz CT molecular complexity index is 919. The minimum absolute atomic E-state index is 0.0650. The molecule has 0 spiro atoms. The SMILES string of the molecule is COc1cc(C(=O)/C=C/c2ccc(OCc3cscn3)cc2)ccc1SC. The minimum Gasteiger partial charge on any atom is -0.496 e. The minimum atomic E-state index is -0.0650. The quantitative estimate of drug-likeness (QED) is 0.291. The Morgan fingerprint density at radius 3 is 2.70 bits per heavy atom. The van der Waals surface area contributed by atoms with Crippen LogP contribution in [0.2, 0.25) is 0 Å². The van der Waals surface area contributed by atoms with Crippen LogP contribution >= 0.6 is 23.1 Å². The van der Waals surface area contributed by atoms with Gasteiger partial charge in [0.05, 0.1) is 18.3 Å². The van der Waals surface area contributed by atoms with Crippen molar-refractivity contribution in [3.05, 3.63) is 76.3 Å². The summed E-state index contributed by atoms with van der Waals surface area (Å²) in [6.07, 6.45) is 5.34. The molecule has 0 saturated heterocycles. The molecule has 0 amide bonds. The van der Waals surface area contributed by atoms with Crippen molar-refractivity contribution in [1.82, 2.24) is 4.98 Å². The summed E-state index contributed by atoms with van der Waals surface area (Å²) in [5.41, 5.74) is 4.23. The van der Waals surface area contributed by atoms with Gasteiger partial charge in [-0.05, 0) is 48.2 Å². The van der Waals surface area contributed by atoms with Gasteiger partial charge in [0, 0.05) is 15.8 Å². The molecule has 0 unspecified atom stereocenters. The second-order valence-corrected chi connectivity index (χ2v) is 7.17. The number of carbonyl (C=O) groups excluding carboxylic acids is 1. The number of allylic oxidation sites excluding steroid dienone is 1. The fraction of sp³-hybridized carbons (Fsp3) is 0.143. The predicted octanol–water partition coefficient (Wildman–Crippen LogP) is 5.35. The van der Waals surface area contributed by atoms with Crippen molar-refractivity contribution in [2.24, 2.45) is 0 Å². The summed E-state index contributed by atoms with van der Waals surface area (Å²) in [4.78, 5) is 17.6. The fourth-order valence-electron chi connectivity index (χ4n) is 2.40. The van der Waals surface area contributed by atoms with Gasteiger partial charge in [-0.2, -0.15) is 0 Å². The van der Waals surface area contributed by atoms with Crippen LogP contribution in [0, 0.1) is 0 Å².